The van der Waals surface area contributed by atoms with Gasteiger partial charge in [0.2, 0.25) is 0 Å². The zero-order valence-electron chi connectivity index (χ0n) is 16.3. The molecule has 29 heavy (non-hydrogen) atoms. The summed E-state index contributed by atoms with van der Waals surface area (Å²) in [6.45, 7) is 0.0308. The molecule has 0 aliphatic carbocycles. The molecule has 152 valence electrons. The van der Waals surface area contributed by atoms with Gasteiger partial charge >= 0.3 is 0 Å². The maximum absolute atomic E-state index is 13.4. The molecule has 2 amide bonds. The molecule has 1 aliphatic rings. The minimum atomic E-state index is -0.494. The zero-order chi connectivity index (χ0) is 21.1. The molecule has 0 atom stereocenters. The summed E-state index contributed by atoms with van der Waals surface area (Å²) in [6, 6.07) is 11.5. The van der Waals surface area contributed by atoms with E-state index in [1.165, 1.54) is 14.2 Å². The van der Waals surface area contributed by atoms with Crippen molar-refractivity contribution >= 4 is 34.7 Å². The van der Waals surface area contributed by atoms with Gasteiger partial charge in [0.25, 0.3) is 11.8 Å². The number of hydrogen-bond donors (Lipinski definition) is 1. The topological polar surface area (TPSA) is 79.3 Å². The van der Waals surface area contributed by atoms with E-state index in [2.05, 4.69) is 0 Å². The summed E-state index contributed by atoms with van der Waals surface area (Å²) >= 11 is 5.97. The van der Waals surface area contributed by atoms with Gasteiger partial charge in [0, 0.05) is 36.8 Å². The lowest BCUT2D eigenvalue weighted by Crippen LogP contribution is -2.34. The van der Waals surface area contributed by atoms with Crippen LogP contribution in [0.1, 0.15) is 5.56 Å². The van der Waals surface area contributed by atoms with Crippen molar-refractivity contribution in [2.75, 3.05) is 39.3 Å². The average molecular weight is 417 g/mol. The zero-order valence-corrected chi connectivity index (χ0v) is 17.1. The normalized spacial score (nSPS) is 13.9. The van der Waals surface area contributed by atoms with Gasteiger partial charge < -0.3 is 19.5 Å². The molecular weight excluding hydrogens is 396 g/mol. The summed E-state index contributed by atoms with van der Waals surface area (Å²) in [6.07, 6.45) is 0. The second-order valence-corrected chi connectivity index (χ2v) is 6.83. The Morgan fingerprint density at radius 1 is 1.00 bits per heavy atom. The fraction of sp³-hybridized carbons (Fsp3) is 0.238. The number of hydrogen-bond acceptors (Lipinski definition) is 6. The van der Waals surface area contributed by atoms with E-state index in [4.69, 9.17) is 21.1 Å². The average Bonchev–Trinajstić information content (AvgIpc) is 2.98. The Kier molecular flexibility index (Phi) is 6.10. The number of carbonyl (C=O) groups excluding carboxylic acids is 2. The molecule has 0 saturated carbocycles. The van der Waals surface area contributed by atoms with Crippen LogP contribution in [0.25, 0.3) is 5.57 Å². The third-order valence-corrected chi connectivity index (χ3v) is 4.86. The first-order valence-corrected chi connectivity index (χ1v) is 9.23. The molecule has 1 aliphatic heterocycles. The van der Waals surface area contributed by atoms with Gasteiger partial charge in [0.05, 0.1) is 32.1 Å². The third kappa shape index (κ3) is 3.92. The molecule has 0 bridgehead atoms. The van der Waals surface area contributed by atoms with Gasteiger partial charge in [0.1, 0.15) is 17.2 Å². The van der Waals surface area contributed by atoms with Crippen molar-refractivity contribution in [1.82, 2.24) is 4.90 Å². The Balaban J connectivity index is 2.14. The van der Waals surface area contributed by atoms with Crippen molar-refractivity contribution in [3.8, 4) is 11.5 Å². The number of amides is 2. The van der Waals surface area contributed by atoms with Gasteiger partial charge in [-0.05, 0) is 17.7 Å². The minimum Gasteiger partial charge on any atom is -0.497 e. The van der Waals surface area contributed by atoms with Crippen LogP contribution in [0.15, 0.2) is 48.2 Å². The largest absolute Gasteiger partial charge is 0.497 e. The van der Waals surface area contributed by atoms with E-state index in [9.17, 15) is 14.7 Å². The second-order valence-electron chi connectivity index (χ2n) is 6.39. The fourth-order valence-electron chi connectivity index (χ4n) is 3.17. The van der Waals surface area contributed by atoms with Crippen LogP contribution >= 0.6 is 11.6 Å². The third-order valence-electron chi connectivity index (χ3n) is 4.60. The highest BCUT2D eigenvalue weighted by atomic mass is 35.5. The highest BCUT2D eigenvalue weighted by molar-refractivity contribution is 6.45. The molecule has 0 spiro atoms. The molecule has 2 aromatic rings. The maximum atomic E-state index is 13.4. The van der Waals surface area contributed by atoms with E-state index in [1.54, 1.807) is 54.4 Å². The number of methoxy groups -OCH3 is 2. The van der Waals surface area contributed by atoms with Gasteiger partial charge in [-0.3, -0.25) is 9.59 Å². The van der Waals surface area contributed by atoms with Crippen LogP contribution in [-0.2, 0) is 9.59 Å². The predicted octanol–water partition coefficient (Wildman–Crippen LogP) is 2.57. The number of imide groups is 1. The molecule has 8 heteroatoms. The lowest BCUT2D eigenvalue weighted by molar-refractivity contribution is -0.120. The monoisotopic (exact) mass is 416 g/mol. The molecule has 1 N–H and O–H groups in total. The molecule has 0 unspecified atom stereocenters. The smallest absolute Gasteiger partial charge is 0.282 e. The van der Waals surface area contributed by atoms with Crippen molar-refractivity contribution in [3.05, 3.63) is 58.7 Å². The Morgan fingerprint density at radius 3 is 2.10 bits per heavy atom. The molecule has 3 rings (SSSR count). The molecule has 1 heterocycles. The van der Waals surface area contributed by atoms with Crippen LogP contribution in [0.2, 0.25) is 5.02 Å². The highest BCUT2D eigenvalue weighted by Crippen LogP contribution is 2.37. The molecule has 0 fully saturated rings. The molecule has 0 radical (unpaired) electrons. The summed E-state index contributed by atoms with van der Waals surface area (Å²) in [7, 11) is 4.64. The minimum absolute atomic E-state index is 0.164. The number of rotatable bonds is 7. The van der Waals surface area contributed by atoms with Crippen molar-refractivity contribution in [2.24, 2.45) is 0 Å². The predicted molar refractivity (Wildman–Crippen MR) is 110 cm³/mol. The van der Waals surface area contributed by atoms with Gasteiger partial charge in [0.15, 0.2) is 0 Å². The lowest BCUT2D eigenvalue weighted by Gasteiger charge is -2.21. The van der Waals surface area contributed by atoms with Crippen LogP contribution in [0.4, 0.5) is 5.69 Å². The van der Waals surface area contributed by atoms with Crippen molar-refractivity contribution in [1.29, 1.82) is 0 Å². The Hall–Kier alpha value is -3.03. The summed E-state index contributed by atoms with van der Waals surface area (Å²) in [5.74, 6) is -0.0751. The SMILES string of the molecule is COc1cc(OC)cc(N2C(=O)C(c3ccc(Cl)cc3)=C(N(C)CCO)C2=O)c1. The number of likely N-dealkylation sites (N-methyl/N-ethyl adjacent to an activating group) is 1. The van der Waals surface area contributed by atoms with Gasteiger partial charge in [-0.15, -0.1) is 0 Å². The summed E-state index contributed by atoms with van der Waals surface area (Å²) in [5.41, 5.74) is 1.33. The number of benzene rings is 2. The number of carbonyl (C=O) groups is 2. The highest BCUT2D eigenvalue weighted by Gasteiger charge is 2.42. The van der Waals surface area contributed by atoms with Gasteiger partial charge in [-0.2, -0.15) is 0 Å². The first-order chi connectivity index (χ1) is 13.9. The van der Waals surface area contributed by atoms with Gasteiger partial charge in [-0.1, -0.05) is 23.7 Å². The molecule has 7 nitrogen and oxygen atoms in total. The number of nitrogens with zero attached hydrogens (tertiary/aromatic N) is 2. The van der Waals surface area contributed by atoms with E-state index < -0.39 is 11.8 Å². The van der Waals surface area contributed by atoms with Crippen LogP contribution in [-0.4, -0.2) is 56.2 Å². The molecular formula is C21H21ClN2O5. The quantitative estimate of drug-likeness (QED) is 0.699. The van der Waals surface area contributed by atoms with E-state index in [1.807, 2.05) is 0 Å². The Bertz CT molecular complexity index is 949. The number of anilines is 1. The molecule has 0 aromatic heterocycles. The summed E-state index contributed by atoms with van der Waals surface area (Å²) in [5, 5.41) is 9.86. The first-order valence-electron chi connectivity index (χ1n) is 8.85. The summed E-state index contributed by atoms with van der Waals surface area (Å²) in [4.78, 5) is 29.3. The van der Waals surface area contributed by atoms with Gasteiger partial charge in [-0.25, -0.2) is 4.90 Å². The van der Waals surface area contributed by atoms with E-state index in [-0.39, 0.29) is 24.4 Å². The first kappa shape index (κ1) is 20.7. The van der Waals surface area contributed by atoms with Crippen molar-refractivity contribution in [3.63, 3.8) is 0 Å². The Labute approximate surface area is 173 Å². The van der Waals surface area contributed by atoms with Crippen molar-refractivity contribution in [2.45, 2.75) is 0 Å². The van der Waals surface area contributed by atoms with Crippen LogP contribution in [0, 0.1) is 0 Å². The van der Waals surface area contributed by atoms with Crippen LogP contribution in [0.3, 0.4) is 0 Å². The Morgan fingerprint density at radius 2 is 1.59 bits per heavy atom. The lowest BCUT2D eigenvalue weighted by atomic mass is 10.0. The van der Waals surface area contributed by atoms with E-state index >= 15 is 0 Å². The van der Waals surface area contributed by atoms with Crippen LogP contribution < -0.4 is 14.4 Å². The summed E-state index contributed by atoms with van der Waals surface area (Å²) < 4.78 is 10.5. The number of halogens is 1. The molecule has 2 aromatic carbocycles. The number of aliphatic hydroxyl groups excluding tert-OH is 1. The number of aliphatic hydroxyl groups is 1. The van der Waals surface area contributed by atoms with Crippen LogP contribution in [0.5, 0.6) is 11.5 Å². The standard InChI is InChI=1S/C21H21ClN2O5/c1-23(8-9-25)19-18(13-4-6-14(22)7-5-13)20(26)24(21(19)27)15-10-16(28-2)12-17(11-15)29-3/h4-7,10-12,25H,8-9H2,1-3H3. The number of ether oxygens (including phenoxy) is 2. The van der Waals surface area contributed by atoms with Crippen molar-refractivity contribution < 1.29 is 24.2 Å². The van der Waals surface area contributed by atoms with E-state index in [0.717, 1.165) is 4.90 Å². The van der Waals surface area contributed by atoms with E-state index in [0.29, 0.717) is 27.8 Å². The molecule has 0 saturated heterocycles. The second kappa shape index (κ2) is 8.55. The fourth-order valence-corrected chi connectivity index (χ4v) is 3.29. The maximum Gasteiger partial charge on any atom is 0.282 e.